The average Bonchev–Trinajstić information content (AvgIpc) is 3.20. The summed E-state index contributed by atoms with van der Waals surface area (Å²) >= 11 is 9.85. The predicted octanol–water partition coefficient (Wildman–Crippen LogP) is 8.55. The topological polar surface area (TPSA) is 52.0 Å². The summed E-state index contributed by atoms with van der Waals surface area (Å²) in [5.74, 6) is -0.301. The molecule has 0 aliphatic carbocycles. The molecule has 1 saturated heterocycles. The Hall–Kier alpha value is -0.740. The summed E-state index contributed by atoms with van der Waals surface area (Å²) in [6.45, 7) is 4.79. The van der Waals surface area contributed by atoms with Gasteiger partial charge in [0.1, 0.15) is 10.7 Å². The molecule has 174 valence electrons. The molecular weight excluding hydrogens is 588 g/mol. The van der Waals surface area contributed by atoms with Gasteiger partial charge in [-0.15, -0.1) is 11.8 Å². The van der Waals surface area contributed by atoms with Crippen LogP contribution >= 0.6 is 51.8 Å². The summed E-state index contributed by atoms with van der Waals surface area (Å²) in [4.78, 5) is 9.45. The summed E-state index contributed by atoms with van der Waals surface area (Å²) in [6.07, 6.45) is 2.76. The lowest BCUT2D eigenvalue weighted by Gasteiger charge is -2.24. The minimum Gasteiger partial charge on any atom is -0.374 e. The van der Waals surface area contributed by atoms with Gasteiger partial charge in [0, 0.05) is 17.6 Å². The van der Waals surface area contributed by atoms with Gasteiger partial charge in [0.05, 0.1) is 23.9 Å². The normalized spacial score (nSPS) is 16.6. The monoisotopic (exact) mass is 612 g/mol. The van der Waals surface area contributed by atoms with Crippen molar-refractivity contribution < 1.29 is 13.5 Å². The van der Waals surface area contributed by atoms with Crippen molar-refractivity contribution in [2.24, 2.45) is 0 Å². The number of ether oxygens (including phenoxy) is 1. The molecule has 1 aliphatic rings. The van der Waals surface area contributed by atoms with Gasteiger partial charge in [-0.3, -0.25) is 4.34 Å². The molecule has 2 unspecified atom stereocenters. The minimum absolute atomic E-state index is 0.0359. The zero-order valence-corrected chi connectivity index (χ0v) is 22.7. The number of anilines is 2. The second-order valence-electron chi connectivity index (χ2n) is 6.80. The molecule has 5 nitrogen and oxygen atoms in total. The van der Waals surface area contributed by atoms with Gasteiger partial charge in [0.25, 0.3) is 6.43 Å². The highest BCUT2D eigenvalue weighted by Gasteiger charge is 2.23. The van der Waals surface area contributed by atoms with Crippen molar-refractivity contribution in [3.05, 3.63) is 40.8 Å². The summed E-state index contributed by atoms with van der Waals surface area (Å²) in [5.41, 5.74) is 3.29. The molecule has 2 atom stereocenters. The van der Waals surface area contributed by atoms with Crippen LogP contribution in [0.25, 0.3) is 11.2 Å². The third-order valence-electron chi connectivity index (χ3n) is 4.94. The highest BCUT2D eigenvalue weighted by Crippen LogP contribution is 2.40. The number of hydrogen-bond acceptors (Lipinski definition) is 5. The maximum Gasteiger partial charge on any atom is 0.295 e. The SMILES string of the molecule is CC.CSc1cc(C2CCCCO2)ccc1Nc1cc(Cl)nc2c1nc(C(F)F)n2PI. The molecule has 1 N–H and O–H groups in total. The fourth-order valence-corrected chi connectivity index (χ4v) is 6.20. The molecule has 4 rings (SSSR count). The van der Waals surface area contributed by atoms with Gasteiger partial charge in [-0.05, 0) is 65.3 Å². The van der Waals surface area contributed by atoms with Crippen LogP contribution in [0.5, 0.6) is 0 Å². The lowest BCUT2D eigenvalue weighted by atomic mass is 10.0. The quantitative estimate of drug-likeness (QED) is 0.131. The van der Waals surface area contributed by atoms with Crippen LogP contribution in [0.1, 0.15) is 57.0 Å². The number of aromatic nitrogens is 3. The third kappa shape index (κ3) is 5.66. The van der Waals surface area contributed by atoms with Crippen LogP contribution in [0.2, 0.25) is 5.15 Å². The second kappa shape index (κ2) is 12.1. The van der Waals surface area contributed by atoms with Crippen LogP contribution in [-0.4, -0.2) is 27.2 Å². The van der Waals surface area contributed by atoms with Crippen molar-refractivity contribution in [3.63, 3.8) is 0 Å². The number of halogens is 4. The number of benzene rings is 1. The molecule has 0 amide bonds. The fraction of sp³-hybridized carbons (Fsp3) is 0.429. The Morgan fingerprint density at radius 2 is 2.03 bits per heavy atom. The predicted molar refractivity (Wildman–Crippen MR) is 141 cm³/mol. The largest absolute Gasteiger partial charge is 0.374 e. The van der Waals surface area contributed by atoms with E-state index in [2.05, 4.69) is 21.4 Å². The number of rotatable bonds is 6. The Morgan fingerprint density at radius 1 is 1.25 bits per heavy atom. The van der Waals surface area contributed by atoms with E-state index in [-0.39, 0.29) is 23.5 Å². The fourth-order valence-electron chi connectivity index (χ4n) is 3.52. The van der Waals surface area contributed by atoms with Crippen molar-refractivity contribution in [1.29, 1.82) is 0 Å². The van der Waals surface area contributed by atoms with E-state index in [0.717, 1.165) is 35.6 Å². The molecule has 0 bridgehead atoms. The summed E-state index contributed by atoms with van der Waals surface area (Å²) in [7, 11) is 0. The summed E-state index contributed by atoms with van der Waals surface area (Å²) in [6, 6.07) is 7.78. The number of fused-ring (bicyclic) bond motifs is 1. The van der Waals surface area contributed by atoms with Crippen LogP contribution in [0.3, 0.4) is 0 Å². The zero-order valence-electron chi connectivity index (χ0n) is 18.0. The number of pyridine rings is 1. The van der Waals surface area contributed by atoms with Crippen LogP contribution in [0.4, 0.5) is 20.2 Å². The number of alkyl halides is 2. The Balaban J connectivity index is 0.00000141. The van der Waals surface area contributed by atoms with E-state index in [1.165, 1.54) is 10.8 Å². The van der Waals surface area contributed by atoms with E-state index < -0.39 is 6.43 Å². The Bertz CT molecular complexity index is 1070. The number of nitrogens with zero attached hydrogens (tertiary/aromatic N) is 3. The average molecular weight is 613 g/mol. The molecule has 11 heteroatoms. The van der Waals surface area contributed by atoms with Crippen molar-refractivity contribution in [2.75, 3.05) is 18.2 Å². The zero-order chi connectivity index (χ0) is 23.3. The van der Waals surface area contributed by atoms with Crippen LogP contribution in [0.15, 0.2) is 29.2 Å². The molecule has 2 aromatic heterocycles. The lowest BCUT2D eigenvalue weighted by Crippen LogP contribution is -2.11. The second-order valence-corrected chi connectivity index (χ2v) is 10.1. The number of thioether (sulfide) groups is 1. The molecule has 0 radical (unpaired) electrons. The van der Waals surface area contributed by atoms with E-state index in [0.29, 0.717) is 16.9 Å². The van der Waals surface area contributed by atoms with Crippen molar-refractivity contribution in [1.82, 2.24) is 14.3 Å². The first-order chi connectivity index (χ1) is 15.5. The van der Waals surface area contributed by atoms with E-state index in [1.807, 2.05) is 54.3 Å². The molecule has 0 spiro atoms. The first-order valence-electron chi connectivity index (χ1n) is 10.3. The van der Waals surface area contributed by atoms with E-state index in [1.54, 1.807) is 17.8 Å². The van der Waals surface area contributed by atoms with E-state index >= 15 is 0 Å². The number of hydrogen-bond donors (Lipinski definition) is 1. The maximum absolute atomic E-state index is 13.5. The van der Waals surface area contributed by atoms with Crippen LogP contribution in [-0.2, 0) is 4.74 Å². The van der Waals surface area contributed by atoms with Gasteiger partial charge in [-0.2, -0.15) is 0 Å². The standard InChI is InChI=1S/C19H19ClF2IN4OPS.C2H6/c1-30-14-8-10(13-4-2-3-7-28-13)5-6-11(14)24-12-9-15(20)25-18-16(12)26-19(17(21)22)27(18)29-23;1-2/h5-6,8-9,13,17,29H,2-4,7H2,1H3,(H,24,25);1-2H3. The number of imidazole rings is 1. The lowest BCUT2D eigenvalue weighted by molar-refractivity contribution is 0.0148. The Kier molecular flexibility index (Phi) is 9.79. The molecular formula is C21H25ClF2IN4OPS. The molecule has 1 aliphatic heterocycles. The first-order valence-corrected chi connectivity index (χ1v) is 16.0. The molecule has 3 aromatic rings. The van der Waals surface area contributed by atoms with Gasteiger partial charge in [-0.1, -0.05) is 31.5 Å². The van der Waals surface area contributed by atoms with Crippen molar-refractivity contribution in [3.8, 4) is 0 Å². The number of nitrogens with one attached hydrogen (secondary N) is 1. The summed E-state index contributed by atoms with van der Waals surface area (Å²) < 4.78 is 34.3. The van der Waals surface area contributed by atoms with Crippen molar-refractivity contribution >= 4 is 74.3 Å². The van der Waals surface area contributed by atoms with Crippen molar-refractivity contribution in [2.45, 2.75) is 50.5 Å². The Morgan fingerprint density at radius 3 is 2.66 bits per heavy atom. The van der Waals surface area contributed by atoms with Gasteiger partial charge in [0.2, 0.25) is 0 Å². The van der Waals surface area contributed by atoms with Crippen LogP contribution in [0, 0.1) is 0 Å². The van der Waals surface area contributed by atoms with Crippen LogP contribution < -0.4 is 5.32 Å². The van der Waals surface area contributed by atoms with Gasteiger partial charge < -0.3 is 10.1 Å². The Labute approximate surface area is 210 Å². The molecule has 1 aromatic carbocycles. The third-order valence-corrected chi connectivity index (χ3v) is 7.96. The van der Waals surface area contributed by atoms with E-state index in [4.69, 9.17) is 16.3 Å². The molecule has 0 saturated carbocycles. The van der Waals surface area contributed by atoms with Gasteiger partial charge >= 0.3 is 0 Å². The molecule has 3 heterocycles. The smallest absolute Gasteiger partial charge is 0.295 e. The maximum atomic E-state index is 13.5. The van der Waals surface area contributed by atoms with E-state index in [9.17, 15) is 8.78 Å². The van der Waals surface area contributed by atoms with Gasteiger partial charge in [-0.25, -0.2) is 18.7 Å². The highest BCUT2D eigenvalue weighted by atomic mass is 127. The minimum atomic E-state index is -2.69. The molecule has 32 heavy (non-hydrogen) atoms. The summed E-state index contributed by atoms with van der Waals surface area (Å²) in [5, 5.41) is 3.56. The first kappa shape index (κ1) is 25.9. The van der Waals surface area contributed by atoms with Gasteiger partial charge in [0.15, 0.2) is 11.5 Å². The molecule has 1 fully saturated rings. The highest BCUT2D eigenvalue weighted by molar-refractivity contribution is 14.2.